The maximum Gasteiger partial charge on any atom is 0.112 e. The summed E-state index contributed by atoms with van der Waals surface area (Å²) in [5.74, 6) is 0.699. The lowest BCUT2D eigenvalue weighted by molar-refractivity contribution is 0.184. The van der Waals surface area contributed by atoms with Crippen LogP contribution in [0, 0.1) is 0 Å². The lowest BCUT2D eigenvalue weighted by Gasteiger charge is -2.27. The number of pyridine rings is 1. The molecule has 160 valence electrons. The molecule has 0 atom stereocenters. The highest BCUT2D eigenvalue weighted by atomic mass is 32.2. The average Bonchev–Trinajstić information content (AvgIpc) is 2.85. The first-order valence-electron chi connectivity index (χ1n) is 10.4. The van der Waals surface area contributed by atoms with Gasteiger partial charge in [-0.2, -0.15) is 0 Å². The molecule has 0 unspecified atom stereocenters. The molecular weight excluding hydrogens is 434 g/mol. The third-order valence-electron chi connectivity index (χ3n) is 5.45. The zero-order chi connectivity index (χ0) is 21.9. The molecule has 1 aromatic heterocycles. The number of ether oxygens (including phenoxy) is 1. The van der Waals surface area contributed by atoms with Crippen LogP contribution in [0.1, 0.15) is 5.56 Å². The predicted octanol–water partition coefficient (Wildman–Crippen LogP) is 6.72. The Bertz CT molecular complexity index is 1260. The molecule has 1 aliphatic rings. The summed E-state index contributed by atoms with van der Waals surface area (Å²) in [6.45, 7) is 5.91. The SMILES string of the molecule is C=C(Nc1ccc(S)c(-c2nccc3ccccc23)c1)c1ccc(N2CCOCS2)cc1. The number of thiol groups is 1. The topological polar surface area (TPSA) is 37.4 Å². The van der Waals surface area contributed by atoms with E-state index in [9.17, 15) is 0 Å². The number of aromatic nitrogens is 1. The highest BCUT2D eigenvalue weighted by Crippen LogP contribution is 2.34. The van der Waals surface area contributed by atoms with Crippen LogP contribution in [-0.2, 0) is 4.74 Å². The Hall–Kier alpha value is -2.93. The van der Waals surface area contributed by atoms with Crippen molar-refractivity contribution in [2.45, 2.75) is 4.90 Å². The summed E-state index contributed by atoms with van der Waals surface area (Å²) >= 11 is 6.39. The fourth-order valence-electron chi connectivity index (χ4n) is 3.79. The van der Waals surface area contributed by atoms with Gasteiger partial charge in [-0.05, 0) is 59.3 Å². The summed E-state index contributed by atoms with van der Waals surface area (Å²) in [4.78, 5) is 5.54. The molecule has 0 saturated carbocycles. The molecule has 0 amide bonds. The van der Waals surface area contributed by atoms with Crippen LogP contribution in [0.15, 0.2) is 90.5 Å². The van der Waals surface area contributed by atoms with E-state index >= 15 is 0 Å². The molecule has 5 rings (SSSR count). The molecule has 1 aliphatic heterocycles. The first kappa shape index (κ1) is 20.9. The lowest BCUT2D eigenvalue weighted by atomic mass is 10.0. The van der Waals surface area contributed by atoms with Gasteiger partial charge in [0, 0.05) is 39.1 Å². The van der Waals surface area contributed by atoms with Crippen molar-refractivity contribution in [3.05, 3.63) is 91.1 Å². The van der Waals surface area contributed by atoms with Crippen molar-refractivity contribution in [2.75, 3.05) is 28.7 Å². The number of anilines is 2. The van der Waals surface area contributed by atoms with Crippen LogP contribution in [0.4, 0.5) is 11.4 Å². The Morgan fingerprint density at radius 2 is 1.91 bits per heavy atom. The second-order valence-corrected chi connectivity index (χ2v) is 8.94. The zero-order valence-corrected chi connectivity index (χ0v) is 19.2. The zero-order valence-electron chi connectivity index (χ0n) is 17.5. The number of nitrogens with zero attached hydrogens (tertiary/aromatic N) is 2. The normalized spacial score (nSPS) is 13.8. The van der Waals surface area contributed by atoms with Gasteiger partial charge in [0.15, 0.2) is 0 Å². The molecule has 4 nitrogen and oxygen atoms in total. The minimum atomic E-state index is 0.699. The first-order valence-corrected chi connectivity index (χ1v) is 11.8. The van der Waals surface area contributed by atoms with Crippen molar-refractivity contribution in [1.82, 2.24) is 4.98 Å². The van der Waals surface area contributed by atoms with Crippen molar-refractivity contribution in [3.63, 3.8) is 0 Å². The van der Waals surface area contributed by atoms with Crippen molar-refractivity contribution >= 4 is 52.4 Å². The maximum atomic E-state index is 5.41. The van der Waals surface area contributed by atoms with E-state index in [1.807, 2.05) is 36.5 Å². The van der Waals surface area contributed by atoms with Crippen LogP contribution in [0.2, 0.25) is 0 Å². The van der Waals surface area contributed by atoms with Crippen LogP contribution < -0.4 is 9.62 Å². The van der Waals surface area contributed by atoms with Crippen LogP contribution in [-0.4, -0.2) is 24.1 Å². The Labute approximate surface area is 197 Å². The van der Waals surface area contributed by atoms with Gasteiger partial charge in [0.1, 0.15) is 5.94 Å². The maximum absolute atomic E-state index is 5.41. The Balaban J connectivity index is 1.38. The molecule has 0 spiro atoms. The predicted molar refractivity (Wildman–Crippen MR) is 139 cm³/mol. The third-order valence-corrected chi connectivity index (χ3v) is 6.82. The van der Waals surface area contributed by atoms with Gasteiger partial charge in [-0.25, -0.2) is 0 Å². The minimum Gasteiger partial charge on any atom is -0.367 e. The molecule has 0 radical (unpaired) electrons. The molecule has 2 heterocycles. The van der Waals surface area contributed by atoms with E-state index in [1.54, 1.807) is 11.9 Å². The summed E-state index contributed by atoms with van der Waals surface area (Å²) < 4.78 is 7.67. The second kappa shape index (κ2) is 9.28. The van der Waals surface area contributed by atoms with E-state index in [1.165, 1.54) is 5.69 Å². The van der Waals surface area contributed by atoms with Crippen molar-refractivity contribution in [1.29, 1.82) is 0 Å². The standard InChI is InChI=1S/C26H23N3OS2/c1-18(19-6-9-22(10-7-19)29-14-15-30-17-32-29)28-21-8-11-25(31)24(16-21)26-23-5-3-2-4-20(23)12-13-27-26/h2-13,16,28,31H,1,14-15,17H2. The summed E-state index contributed by atoms with van der Waals surface area (Å²) in [5, 5.41) is 5.72. The second-order valence-electron chi connectivity index (χ2n) is 7.52. The van der Waals surface area contributed by atoms with E-state index in [-0.39, 0.29) is 0 Å². The summed E-state index contributed by atoms with van der Waals surface area (Å²) in [5.41, 5.74) is 5.93. The molecule has 1 N–H and O–H groups in total. The van der Waals surface area contributed by atoms with Gasteiger partial charge in [0.2, 0.25) is 0 Å². The van der Waals surface area contributed by atoms with Gasteiger partial charge in [-0.15, -0.1) is 12.6 Å². The molecule has 6 heteroatoms. The van der Waals surface area contributed by atoms with E-state index in [2.05, 4.69) is 63.6 Å². The van der Waals surface area contributed by atoms with Gasteiger partial charge in [-0.1, -0.05) is 43.0 Å². The van der Waals surface area contributed by atoms with Crippen LogP contribution in [0.5, 0.6) is 0 Å². The summed E-state index contributed by atoms with van der Waals surface area (Å²) in [7, 11) is 0. The molecule has 1 fully saturated rings. The van der Waals surface area contributed by atoms with E-state index in [0.717, 1.165) is 57.0 Å². The monoisotopic (exact) mass is 457 g/mol. The smallest absolute Gasteiger partial charge is 0.112 e. The average molecular weight is 458 g/mol. The Morgan fingerprint density at radius 3 is 2.72 bits per heavy atom. The molecule has 3 aromatic carbocycles. The molecular formula is C26H23N3OS2. The Kier molecular flexibility index (Phi) is 6.08. The van der Waals surface area contributed by atoms with E-state index in [4.69, 9.17) is 17.4 Å². The molecule has 0 aliphatic carbocycles. The number of fused-ring (bicyclic) bond motifs is 1. The van der Waals surface area contributed by atoms with Gasteiger partial charge in [0.05, 0.1) is 18.8 Å². The largest absolute Gasteiger partial charge is 0.367 e. The quantitative estimate of drug-likeness (QED) is 0.257. The van der Waals surface area contributed by atoms with Gasteiger partial charge in [0.25, 0.3) is 0 Å². The van der Waals surface area contributed by atoms with E-state index < -0.39 is 0 Å². The van der Waals surface area contributed by atoms with Crippen LogP contribution in [0.25, 0.3) is 27.7 Å². The molecule has 0 bridgehead atoms. The number of hydrogen-bond acceptors (Lipinski definition) is 6. The van der Waals surface area contributed by atoms with Crippen molar-refractivity contribution < 1.29 is 4.74 Å². The first-order chi connectivity index (χ1) is 15.7. The summed E-state index contributed by atoms with van der Waals surface area (Å²) in [6, 6.07) is 24.8. The fourth-order valence-corrected chi connectivity index (χ4v) is 4.83. The van der Waals surface area contributed by atoms with Gasteiger partial charge in [-0.3, -0.25) is 4.98 Å². The highest BCUT2D eigenvalue weighted by molar-refractivity contribution is 8.00. The number of benzene rings is 3. The van der Waals surface area contributed by atoms with Crippen LogP contribution >= 0.6 is 24.6 Å². The van der Waals surface area contributed by atoms with Crippen molar-refractivity contribution in [2.24, 2.45) is 0 Å². The van der Waals surface area contributed by atoms with Crippen molar-refractivity contribution in [3.8, 4) is 11.3 Å². The number of rotatable bonds is 5. The van der Waals surface area contributed by atoms with Crippen LogP contribution in [0.3, 0.4) is 0 Å². The van der Waals surface area contributed by atoms with Gasteiger partial charge < -0.3 is 14.4 Å². The molecule has 32 heavy (non-hydrogen) atoms. The molecule has 4 aromatic rings. The minimum absolute atomic E-state index is 0.699. The molecule has 1 saturated heterocycles. The number of hydrogen-bond donors (Lipinski definition) is 2. The third kappa shape index (κ3) is 4.35. The fraction of sp³-hybridized carbons (Fsp3) is 0.115. The van der Waals surface area contributed by atoms with Gasteiger partial charge >= 0.3 is 0 Å². The lowest BCUT2D eigenvalue weighted by Crippen LogP contribution is -2.26. The highest BCUT2D eigenvalue weighted by Gasteiger charge is 2.13. The van der Waals surface area contributed by atoms with E-state index in [0.29, 0.717) is 5.94 Å². The summed E-state index contributed by atoms with van der Waals surface area (Å²) in [6.07, 6.45) is 1.85. The number of nitrogens with one attached hydrogen (secondary N) is 1. The Morgan fingerprint density at radius 1 is 1.06 bits per heavy atom.